The van der Waals surface area contributed by atoms with Crippen LogP contribution in [0.4, 0.5) is 15.8 Å². The van der Waals surface area contributed by atoms with Crippen LogP contribution in [0.3, 0.4) is 0 Å². The fourth-order valence-electron chi connectivity index (χ4n) is 3.65. The van der Waals surface area contributed by atoms with E-state index in [1.54, 1.807) is 0 Å². The van der Waals surface area contributed by atoms with Gasteiger partial charge < -0.3 is 9.80 Å². The van der Waals surface area contributed by atoms with Crippen LogP contribution < -0.4 is 4.90 Å². The summed E-state index contributed by atoms with van der Waals surface area (Å²) in [5.41, 5.74) is 0.223. The number of halogens is 1. The van der Waals surface area contributed by atoms with Gasteiger partial charge in [0.05, 0.1) is 11.0 Å². The zero-order valence-electron chi connectivity index (χ0n) is 13.6. The number of hydrogen-bond acceptors (Lipinski definition) is 4. The van der Waals surface area contributed by atoms with Crippen LogP contribution in [0.5, 0.6) is 0 Å². The van der Waals surface area contributed by atoms with Crippen molar-refractivity contribution in [2.24, 2.45) is 5.92 Å². The summed E-state index contributed by atoms with van der Waals surface area (Å²) in [6.07, 6.45) is 4.71. The number of nitro groups is 1. The minimum atomic E-state index is -0.611. The molecule has 2 aliphatic rings. The zero-order valence-corrected chi connectivity index (χ0v) is 13.6. The molecule has 0 spiro atoms. The van der Waals surface area contributed by atoms with E-state index < -0.39 is 10.7 Å². The van der Waals surface area contributed by atoms with Crippen LogP contribution in [0.1, 0.15) is 32.1 Å². The molecule has 130 valence electrons. The van der Waals surface area contributed by atoms with E-state index in [4.69, 9.17) is 0 Å². The van der Waals surface area contributed by atoms with E-state index in [0.717, 1.165) is 32.0 Å². The molecule has 7 heteroatoms. The lowest BCUT2D eigenvalue weighted by atomic mass is 9.94. The molecule has 0 N–H and O–H groups in total. The highest BCUT2D eigenvalue weighted by Crippen LogP contribution is 2.32. The Kier molecular flexibility index (Phi) is 4.97. The SMILES string of the molecule is O=C(C1CCN(c2ccc(F)cc2[N+](=O)[O-])CC1)N1CCCCC1. The molecule has 6 nitrogen and oxygen atoms in total. The van der Waals surface area contributed by atoms with Crippen molar-refractivity contribution < 1.29 is 14.1 Å². The van der Waals surface area contributed by atoms with E-state index in [1.165, 1.54) is 18.6 Å². The standard InChI is InChI=1S/C17H22FN3O3/c18-14-4-5-15(16(12-14)21(23)24)19-10-6-13(7-11-19)17(22)20-8-2-1-3-9-20/h4-5,12-13H,1-3,6-11H2. The number of carbonyl (C=O) groups excluding carboxylic acids is 1. The van der Waals surface area contributed by atoms with Gasteiger partial charge in [0.25, 0.3) is 5.69 Å². The molecule has 3 rings (SSSR count). The minimum absolute atomic E-state index is 0.00106. The van der Waals surface area contributed by atoms with Crippen molar-refractivity contribution in [3.05, 3.63) is 34.1 Å². The second kappa shape index (κ2) is 7.15. The second-order valence-corrected chi connectivity index (χ2v) is 6.54. The molecule has 0 atom stereocenters. The fourth-order valence-corrected chi connectivity index (χ4v) is 3.65. The molecule has 1 amide bonds. The molecule has 0 unspecified atom stereocenters. The molecule has 0 bridgehead atoms. The fraction of sp³-hybridized carbons (Fsp3) is 0.588. The Hall–Kier alpha value is -2.18. The number of anilines is 1. The van der Waals surface area contributed by atoms with Crippen LogP contribution >= 0.6 is 0 Å². The maximum absolute atomic E-state index is 13.3. The summed E-state index contributed by atoms with van der Waals surface area (Å²) in [7, 11) is 0. The van der Waals surface area contributed by atoms with E-state index in [9.17, 15) is 19.3 Å². The van der Waals surface area contributed by atoms with Gasteiger partial charge in [-0.1, -0.05) is 0 Å². The molecule has 1 aromatic carbocycles. The number of hydrogen-bond donors (Lipinski definition) is 0. The van der Waals surface area contributed by atoms with Gasteiger partial charge in [-0.25, -0.2) is 4.39 Å². The molecule has 2 heterocycles. The van der Waals surface area contributed by atoms with Crippen molar-refractivity contribution in [2.75, 3.05) is 31.1 Å². The van der Waals surface area contributed by atoms with Crippen LogP contribution in [-0.4, -0.2) is 41.9 Å². The summed E-state index contributed by atoms with van der Waals surface area (Å²) >= 11 is 0. The Bertz CT molecular complexity index is 624. The lowest BCUT2D eigenvalue weighted by molar-refractivity contribution is -0.384. The smallest absolute Gasteiger partial charge is 0.295 e. The summed E-state index contributed by atoms with van der Waals surface area (Å²) in [6.45, 7) is 2.86. The number of nitro benzene ring substituents is 1. The molecule has 2 aliphatic heterocycles. The van der Waals surface area contributed by atoms with Gasteiger partial charge in [0.2, 0.25) is 5.91 Å². The molecule has 2 saturated heterocycles. The van der Waals surface area contributed by atoms with Gasteiger partial charge in [-0.15, -0.1) is 0 Å². The molecule has 0 aliphatic carbocycles. The van der Waals surface area contributed by atoms with E-state index in [2.05, 4.69) is 0 Å². The Morgan fingerprint density at radius 2 is 1.79 bits per heavy atom. The first-order valence-corrected chi connectivity index (χ1v) is 8.54. The topological polar surface area (TPSA) is 66.7 Å². The van der Waals surface area contributed by atoms with Gasteiger partial charge >= 0.3 is 0 Å². The second-order valence-electron chi connectivity index (χ2n) is 6.54. The van der Waals surface area contributed by atoms with Crippen molar-refractivity contribution in [1.82, 2.24) is 4.90 Å². The number of piperidine rings is 2. The highest BCUT2D eigenvalue weighted by molar-refractivity contribution is 5.79. The first-order valence-electron chi connectivity index (χ1n) is 8.54. The number of rotatable bonds is 3. The number of benzene rings is 1. The lowest BCUT2D eigenvalue weighted by Gasteiger charge is -2.36. The summed E-state index contributed by atoms with van der Waals surface area (Å²) in [4.78, 5) is 27.0. The average Bonchev–Trinajstić information content (AvgIpc) is 2.62. The largest absolute Gasteiger partial charge is 0.366 e. The van der Waals surface area contributed by atoms with Crippen LogP contribution in [0.15, 0.2) is 18.2 Å². The van der Waals surface area contributed by atoms with E-state index in [-0.39, 0.29) is 17.5 Å². The third-order valence-electron chi connectivity index (χ3n) is 4.99. The Balaban J connectivity index is 1.65. The molecule has 24 heavy (non-hydrogen) atoms. The molecule has 0 saturated carbocycles. The molecule has 1 aromatic rings. The zero-order chi connectivity index (χ0) is 17.1. The van der Waals surface area contributed by atoms with Gasteiger partial charge in [-0.2, -0.15) is 0 Å². The Morgan fingerprint density at radius 1 is 1.12 bits per heavy atom. The molecule has 0 aromatic heterocycles. The van der Waals surface area contributed by atoms with Crippen molar-refractivity contribution >= 4 is 17.3 Å². The van der Waals surface area contributed by atoms with Crippen LogP contribution in [0.2, 0.25) is 0 Å². The van der Waals surface area contributed by atoms with Crippen molar-refractivity contribution in [1.29, 1.82) is 0 Å². The summed E-state index contributed by atoms with van der Waals surface area (Å²) < 4.78 is 13.3. The predicted octanol–water partition coefficient (Wildman–Crippen LogP) is 2.96. The molecule has 0 radical (unpaired) electrons. The van der Waals surface area contributed by atoms with Gasteiger partial charge in [0.15, 0.2) is 0 Å². The predicted molar refractivity (Wildman–Crippen MR) is 88.4 cm³/mol. The van der Waals surface area contributed by atoms with Crippen molar-refractivity contribution in [3.8, 4) is 0 Å². The normalized spacial score (nSPS) is 19.4. The van der Waals surface area contributed by atoms with Gasteiger partial charge in [0.1, 0.15) is 11.5 Å². The van der Waals surface area contributed by atoms with Crippen LogP contribution in [0, 0.1) is 21.8 Å². The van der Waals surface area contributed by atoms with E-state index in [0.29, 0.717) is 31.6 Å². The third-order valence-corrected chi connectivity index (χ3v) is 4.99. The molecular weight excluding hydrogens is 313 g/mol. The molecule has 2 fully saturated rings. The van der Waals surface area contributed by atoms with Crippen LogP contribution in [0.25, 0.3) is 0 Å². The van der Waals surface area contributed by atoms with Gasteiger partial charge in [-0.3, -0.25) is 14.9 Å². The monoisotopic (exact) mass is 335 g/mol. The van der Waals surface area contributed by atoms with E-state index in [1.807, 2.05) is 9.80 Å². The Morgan fingerprint density at radius 3 is 2.42 bits per heavy atom. The van der Waals surface area contributed by atoms with Crippen molar-refractivity contribution in [3.63, 3.8) is 0 Å². The maximum atomic E-state index is 13.3. The van der Waals surface area contributed by atoms with Crippen LogP contribution in [-0.2, 0) is 4.79 Å². The third kappa shape index (κ3) is 3.49. The highest BCUT2D eigenvalue weighted by Gasteiger charge is 2.31. The number of likely N-dealkylation sites (tertiary alicyclic amines) is 1. The number of amides is 1. The molecular formula is C17H22FN3O3. The van der Waals surface area contributed by atoms with E-state index >= 15 is 0 Å². The quantitative estimate of drug-likeness (QED) is 0.629. The average molecular weight is 335 g/mol. The summed E-state index contributed by atoms with van der Waals surface area (Å²) in [5.74, 6) is -0.387. The number of nitrogens with zero attached hydrogens (tertiary/aromatic N) is 3. The highest BCUT2D eigenvalue weighted by atomic mass is 19.1. The Labute approximate surface area is 140 Å². The van der Waals surface area contributed by atoms with Crippen molar-refractivity contribution in [2.45, 2.75) is 32.1 Å². The van der Waals surface area contributed by atoms with Gasteiger partial charge in [-0.05, 0) is 44.2 Å². The maximum Gasteiger partial charge on any atom is 0.295 e. The first kappa shape index (κ1) is 16.7. The van der Waals surface area contributed by atoms with Gasteiger partial charge in [0, 0.05) is 32.1 Å². The lowest BCUT2D eigenvalue weighted by Crippen LogP contribution is -2.44. The minimum Gasteiger partial charge on any atom is -0.366 e. The summed E-state index contributed by atoms with van der Waals surface area (Å²) in [6, 6.07) is 3.66. The first-order chi connectivity index (χ1) is 11.6. The number of carbonyl (C=O) groups is 1. The summed E-state index contributed by atoms with van der Waals surface area (Å²) in [5, 5.41) is 11.1.